The van der Waals surface area contributed by atoms with Gasteiger partial charge in [-0.05, 0) is 26.0 Å². The molecule has 1 rings (SSSR count). The van der Waals surface area contributed by atoms with Gasteiger partial charge in [0, 0.05) is 18.2 Å². The van der Waals surface area contributed by atoms with Crippen molar-refractivity contribution in [2.24, 2.45) is 5.73 Å². The standard InChI is InChI=1S/C15H23F3N2O/c1-4-11(5-2)20(3)13(10-19)12-8-6-7-9-14(12)21-15(16,17)18/h6-9,11,13H,4-5,10,19H2,1-3H3. The fraction of sp³-hybridized carbons (Fsp3) is 0.600. The number of rotatable bonds is 7. The summed E-state index contributed by atoms with van der Waals surface area (Å²) in [5, 5.41) is 0. The van der Waals surface area contributed by atoms with E-state index in [0.29, 0.717) is 5.56 Å². The summed E-state index contributed by atoms with van der Waals surface area (Å²) in [6.45, 7) is 4.33. The zero-order valence-electron chi connectivity index (χ0n) is 12.7. The van der Waals surface area contributed by atoms with Gasteiger partial charge < -0.3 is 10.5 Å². The van der Waals surface area contributed by atoms with Crippen LogP contribution in [-0.4, -0.2) is 30.9 Å². The molecule has 6 heteroatoms. The van der Waals surface area contributed by atoms with E-state index < -0.39 is 6.36 Å². The number of benzene rings is 1. The number of nitrogens with two attached hydrogens (primary N) is 1. The number of hydrogen-bond acceptors (Lipinski definition) is 3. The van der Waals surface area contributed by atoms with Gasteiger partial charge in [0.1, 0.15) is 5.75 Å². The van der Waals surface area contributed by atoms with Crippen LogP contribution in [0.3, 0.4) is 0 Å². The maximum Gasteiger partial charge on any atom is 0.573 e. The van der Waals surface area contributed by atoms with Crippen LogP contribution in [0.1, 0.15) is 38.3 Å². The Morgan fingerprint density at radius 1 is 1.19 bits per heavy atom. The Morgan fingerprint density at radius 3 is 2.24 bits per heavy atom. The minimum atomic E-state index is -4.71. The van der Waals surface area contributed by atoms with Crippen LogP contribution in [0, 0.1) is 0 Å². The molecule has 0 aliphatic rings. The molecule has 0 aromatic heterocycles. The first kappa shape index (κ1) is 17.8. The summed E-state index contributed by atoms with van der Waals surface area (Å²) in [5.74, 6) is -0.182. The summed E-state index contributed by atoms with van der Waals surface area (Å²) in [4.78, 5) is 2.03. The summed E-state index contributed by atoms with van der Waals surface area (Å²) < 4.78 is 41.7. The van der Waals surface area contributed by atoms with Gasteiger partial charge in [-0.2, -0.15) is 0 Å². The lowest BCUT2D eigenvalue weighted by Crippen LogP contribution is -2.38. The molecule has 0 saturated heterocycles. The molecule has 0 spiro atoms. The van der Waals surface area contributed by atoms with Crippen LogP contribution >= 0.6 is 0 Å². The predicted molar refractivity (Wildman–Crippen MR) is 77.1 cm³/mol. The molecular weight excluding hydrogens is 281 g/mol. The smallest absolute Gasteiger partial charge is 0.405 e. The number of alkyl halides is 3. The highest BCUT2D eigenvalue weighted by Gasteiger charge is 2.33. The Labute approximate surface area is 123 Å². The summed E-state index contributed by atoms with van der Waals surface area (Å²) in [5.41, 5.74) is 6.27. The van der Waals surface area contributed by atoms with Crippen LogP contribution in [0.5, 0.6) is 5.75 Å². The van der Waals surface area contributed by atoms with Gasteiger partial charge in [0.25, 0.3) is 0 Å². The molecule has 120 valence electrons. The Bertz CT molecular complexity index is 433. The van der Waals surface area contributed by atoms with E-state index in [0.717, 1.165) is 12.8 Å². The Hall–Kier alpha value is -1.27. The van der Waals surface area contributed by atoms with Crippen LogP contribution in [0.15, 0.2) is 24.3 Å². The second-order valence-electron chi connectivity index (χ2n) is 4.97. The van der Waals surface area contributed by atoms with Crippen molar-refractivity contribution >= 4 is 0 Å². The van der Waals surface area contributed by atoms with Crippen molar-refractivity contribution in [1.82, 2.24) is 4.90 Å². The maximum atomic E-state index is 12.5. The summed E-state index contributed by atoms with van der Waals surface area (Å²) >= 11 is 0. The van der Waals surface area contributed by atoms with Gasteiger partial charge in [-0.3, -0.25) is 4.90 Å². The first-order valence-electron chi connectivity index (χ1n) is 7.10. The molecular formula is C15H23F3N2O. The molecule has 0 aliphatic heterocycles. The van der Waals surface area contributed by atoms with Crippen molar-refractivity contribution in [2.45, 2.75) is 45.1 Å². The number of nitrogens with zero attached hydrogens (tertiary/aromatic N) is 1. The molecule has 1 aromatic carbocycles. The quantitative estimate of drug-likeness (QED) is 0.834. The molecule has 0 bridgehead atoms. The predicted octanol–water partition coefficient (Wildman–Crippen LogP) is 3.71. The van der Waals surface area contributed by atoms with Gasteiger partial charge in [-0.1, -0.05) is 32.0 Å². The molecule has 0 saturated carbocycles. The van der Waals surface area contributed by atoms with Crippen molar-refractivity contribution in [3.63, 3.8) is 0 Å². The summed E-state index contributed by atoms with van der Waals surface area (Å²) in [6, 6.07) is 6.13. The first-order valence-corrected chi connectivity index (χ1v) is 7.10. The molecule has 1 atom stereocenters. The highest BCUT2D eigenvalue weighted by atomic mass is 19.4. The third kappa shape index (κ3) is 4.89. The lowest BCUT2D eigenvalue weighted by Gasteiger charge is -2.34. The zero-order valence-corrected chi connectivity index (χ0v) is 12.7. The summed E-state index contributed by atoms with van der Waals surface area (Å²) in [7, 11) is 1.89. The Balaban J connectivity index is 3.10. The van der Waals surface area contributed by atoms with Crippen LogP contribution in [0.4, 0.5) is 13.2 Å². The monoisotopic (exact) mass is 304 g/mol. The highest BCUT2D eigenvalue weighted by Crippen LogP contribution is 2.33. The Morgan fingerprint density at radius 2 is 1.76 bits per heavy atom. The molecule has 0 heterocycles. The van der Waals surface area contributed by atoms with E-state index in [1.54, 1.807) is 12.1 Å². The second-order valence-corrected chi connectivity index (χ2v) is 4.97. The normalized spacial score (nSPS) is 13.8. The lowest BCUT2D eigenvalue weighted by molar-refractivity contribution is -0.275. The van der Waals surface area contributed by atoms with Crippen molar-refractivity contribution in [3.05, 3.63) is 29.8 Å². The fourth-order valence-electron chi connectivity index (χ4n) is 2.61. The number of para-hydroxylation sites is 1. The molecule has 21 heavy (non-hydrogen) atoms. The molecule has 1 aromatic rings. The molecule has 0 fully saturated rings. The van der Waals surface area contributed by atoms with E-state index in [9.17, 15) is 13.2 Å². The van der Waals surface area contributed by atoms with Gasteiger partial charge >= 0.3 is 6.36 Å². The van der Waals surface area contributed by atoms with Crippen molar-refractivity contribution in [2.75, 3.05) is 13.6 Å². The molecule has 0 aliphatic carbocycles. The van der Waals surface area contributed by atoms with Crippen LogP contribution in [0.25, 0.3) is 0 Å². The van der Waals surface area contributed by atoms with Gasteiger partial charge in [-0.15, -0.1) is 13.2 Å². The van der Waals surface area contributed by atoms with Crippen LogP contribution < -0.4 is 10.5 Å². The average Bonchev–Trinajstić information content (AvgIpc) is 2.41. The average molecular weight is 304 g/mol. The van der Waals surface area contributed by atoms with Crippen molar-refractivity contribution < 1.29 is 17.9 Å². The van der Waals surface area contributed by atoms with Crippen LogP contribution in [0.2, 0.25) is 0 Å². The zero-order chi connectivity index (χ0) is 16.0. The van der Waals surface area contributed by atoms with E-state index in [-0.39, 0.29) is 24.4 Å². The molecule has 0 amide bonds. The number of hydrogen-bond donors (Lipinski definition) is 1. The number of halogens is 3. The second kappa shape index (κ2) is 7.66. The van der Waals surface area contributed by atoms with E-state index >= 15 is 0 Å². The third-order valence-electron chi connectivity index (χ3n) is 3.74. The first-order chi connectivity index (χ1) is 9.84. The fourth-order valence-corrected chi connectivity index (χ4v) is 2.61. The largest absolute Gasteiger partial charge is 0.573 e. The minimum absolute atomic E-state index is 0.182. The maximum absolute atomic E-state index is 12.5. The van der Waals surface area contributed by atoms with Gasteiger partial charge in [-0.25, -0.2) is 0 Å². The third-order valence-corrected chi connectivity index (χ3v) is 3.74. The minimum Gasteiger partial charge on any atom is -0.405 e. The number of ether oxygens (including phenoxy) is 1. The molecule has 1 unspecified atom stereocenters. The topological polar surface area (TPSA) is 38.5 Å². The SMILES string of the molecule is CCC(CC)N(C)C(CN)c1ccccc1OC(F)(F)F. The van der Waals surface area contributed by atoms with E-state index in [2.05, 4.69) is 18.6 Å². The molecule has 0 radical (unpaired) electrons. The highest BCUT2D eigenvalue weighted by molar-refractivity contribution is 5.36. The van der Waals surface area contributed by atoms with Gasteiger partial charge in [0.15, 0.2) is 0 Å². The number of likely N-dealkylation sites (N-methyl/N-ethyl adjacent to an activating group) is 1. The van der Waals surface area contributed by atoms with Gasteiger partial charge in [0.2, 0.25) is 0 Å². The lowest BCUT2D eigenvalue weighted by atomic mass is 10.0. The molecule has 3 nitrogen and oxygen atoms in total. The Kier molecular flexibility index (Phi) is 6.48. The van der Waals surface area contributed by atoms with Crippen molar-refractivity contribution in [3.8, 4) is 5.75 Å². The summed E-state index contributed by atoms with van der Waals surface area (Å²) in [6.07, 6.45) is -2.89. The van der Waals surface area contributed by atoms with Crippen molar-refractivity contribution in [1.29, 1.82) is 0 Å². The van der Waals surface area contributed by atoms with Gasteiger partial charge in [0.05, 0.1) is 6.04 Å². The van der Waals surface area contributed by atoms with E-state index in [1.165, 1.54) is 12.1 Å². The molecule has 2 N–H and O–H groups in total. The van der Waals surface area contributed by atoms with E-state index in [4.69, 9.17) is 5.73 Å². The van der Waals surface area contributed by atoms with E-state index in [1.807, 2.05) is 11.9 Å². The van der Waals surface area contributed by atoms with Crippen LogP contribution in [-0.2, 0) is 0 Å².